The Balaban J connectivity index is 2.55. The number of nitrogens with zero attached hydrogens (tertiary/aromatic N) is 1. The second-order valence-corrected chi connectivity index (χ2v) is 4.28. The standard InChI is InChI=1S/C13H9ClF3N/c1-8-11(6-18-7-12(8)14)9-3-2-4-10(5-9)13(15,16)17/h2-7H,1H3. The van der Waals surface area contributed by atoms with Crippen LogP contribution in [0.25, 0.3) is 11.1 Å². The Morgan fingerprint density at radius 3 is 2.56 bits per heavy atom. The van der Waals surface area contributed by atoms with Crippen molar-refractivity contribution in [2.75, 3.05) is 0 Å². The van der Waals surface area contributed by atoms with E-state index in [-0.39, 0.29) is 0 Å². The summed E-state index contributed by atoms with van der Waals surface area (Å²) in [5, 5.41) is 0.435. The molecule has 0 saturated heterocycles. The van der Waals surface area contributed by atoms with Crippen molar-refractivity contribution in [1.29, 1.82) is 0 Å². The van der Waals surface area contributed by atoms with Crippen LogP contribution in [0.3, 0.4) is 0 Å². The number of aromatic nitrogens is 1. The molecule has 1 heterocycles. The number of hydrogen-bond acceptors (Lipinski definition) is 1. The Morgan fingerprint density at radius 1 is 1.17 bits per heavy atom. The Bertz CT molecular complexity index is 579. The molecular formula is C13H9ClF3N. The zero-order valence-electron chi connectivity index (χ0n) is 9.42. The van der Waals surface area contributed by atoms with Gasteiger partial charge in [-0.1, -0.05) is 23.7 Å². The van der Waals surface area contributed by atoms with E-state index in [0.717, 1.165) is 12.1 Å². The van der Waals surface area contributed by atoms with E-state index < -0.39 is 11.7 Å². The molecule has 0 aliphatic heterocycles. The van der Waals surface area contributed by atoms with Crippen LogP contribution in [-0.2, 0) is 6.18 Å². The highest BCUT2D eigenvalue weighted by atomic mass is 35.5. The molecule has 0 aliphatic rings. The zero-order chi connectivity index (χ0) is 13.3. The van der Waals surface area contributed by atoms with Crippen LogP contribution in [0.15, 0.2) is 36.7 Å². The van der Waals surface area contributed by atoms with E-state index >= 15 is 0 Å². The molecule has 0 aliphatic carbocycles. The lowest BCUT2D eigenvalue weighted by atomic mass is 10.0. The van der Waals surface area contributed by atoms with Crippen LogP contribution in [0.2, 0.25) is 5.02 Å². The predicted molar refractivity (Wildman–Crippen MR) is 64.4 cm³/mol. The topological polar surface area (TPSA) is 12.9 Å². The van der Waals surface area contributed by atoms with Crippen LogP contribution < -0.4 is 0 Å². The van der Waals surface area contributed by atoms with Gasteiger partial charge < -0.3 is 0 Å². The fourth-order valence-corrected chi connectivity index (χ4v) is 1.81. The van der Waals surface area contributed by atoms with Gasteiger partial charge in [-0.2, -0.15) is 13.2 Å². The molecule has 94 valence electrons. The van der Waals surface area contributed by atoms with Crippen molar-refractivity contribution >= 4 is 11.6 Å². The molecule has 0 amide bonds. The molecule has 0 atom stereocenters. The van der Waals surface area contributed by atoms with Gasteiger partial charge in [-0.3, -0.25) is 4.98 Å². The van der Waals surface area contributed by atoms with Crippen molar-refractivity contribution < 1.29 is 13.2 Å². The molecule has 0 saturated carbocycles. The van der Waals surface area contributed by atoms with E-state index in [4.69, 9.17) is 11.6 Å². The van der Waals surface area contributed by atoms with Gasteiger partial charge in [0.2, 0.25) is 0 Å². The Kier molecular flexibility index (Phi) is 3.30. The fraction of sp³-hybridized carbons (Fsp3) is 0.154. The highest BCUT2D eigenvalue weighted by molar-refractivity contribution is 6.31. The van der Waals surface area contributed by atoms with E-state index in [2.05, 4.69) is 4.98 Å². The maximum atomic E-state index is 12.6. The maximum Gasteiger partial charge on any atom is 0.416 e. The first-order valence-electron chi connectivity index (χ1n) is 5.17. The lowest BCUT2D eigenvalue weighted by Crippen LogP contribution is -2.04. The molecule has 0 bridgehead atoms. The van der Waals surface area contributed by atoms with Gasteiger partial charge in [-0.05, 0) is 30.2 Å². The minimum atomic E-state index is -4.35. The van der Waals surface area contributed by atoms with E-state index in [1.807, 2.05) is 0 Å². The van der Waals surface area contributed by atoms with Crippen molar-refractivity contribution in [1.82, 2.24) is 4.98 Å². The summed E-state index contributed by atoms with van der Waals surface area (Å²) in [5.41, 5.74) is 1.09. The molecule has 0 unspecified atom stereocenters. The summed E-state index contributed by atoms with van der Waals surface area (Å²) in [6.07, 6.45) is -1.37. The van der Waals surface area contributed by atoms with Crippen molar-refractivity contribution in [3.8, 4) is 11.1 Å². The maximum absolute atomic E-state index is 12.6. The highest BCUT2D eigenvalue weighted by Gasteiger charge is 2.30. The van der Waals surface area contributed by atoms with Gasteiger partial charge in [-0.25, -0.2) is 0 Å². The number of benzene rings is 1. The van der Waals surface area contributed by atoms with E-state index in [1.165, 1.54) is 18.5 Å². The van der Waals surface area contributed by atoms with Crippen molar-refractivity contribution in [2.45, 2.75) is 13.1 Å². The normalized spacial score (nSPS) is 11.6. The molecule has 0 spiro atoms. The smallest absolute Gasteiger partial charge is 0.263 e. The van der Waals surface area contributed by atoms with Gasteiger partial charge >= 0.3 is 6.18 Å². The molecule has 1 nitrogen and oxygen atoms in total. The lowest BCUT2D eigenvalue weighted by molar-refractivity contribution is -0.137. The summed E-state index contributed by atoms with van der Waals surface area (Å²) in [6, 6.07) is 5.12. The average molecular weight is 272 g/mol. The Hall–Kier alpha value is -1.55. The molecule has 2 aromatic rings. The molecular weight excluding hydrogens is 263 g/mol. The summed E-state index contributed by atoms with van der Waals surface area (Å²) in [4.78, 5) is 3.90. The third-order valence-electron chi connectivity index (χ3n) is 2.65. The number of alkyl halides is 3. The van der Waals surface area contributed by atoms with Gasteiger partial charge in [-0.15, -0.1) is 0 Å². The first-order chi connectivity index (χ1) is 8.39. The van der Waals surface area contributed by atoms with Crippen LogP contribution in [0, 0.1) is 6.92 Å². The number of rotatable bonds is 1. The largest absolute Gasteiger partial charge is 0.416 e. The van der Waals surface area contributed by atoms with E-state index in [9.17, 15) is 13.2 Å². The molecule has 1 aromatic carbocycles. The molecule has 2 rings (SSSR count). The summed E-state index contributed by atoms with van der Waals surface area (Å²) >= 11 is 5.91. The zero-order valence-corrected chi connectivity index (χ0v) is 10.2. The second-order valence-electron chi connectivity index (χ2n) is 3.87. The van der Waals surface area contributed by atoms with E-state index in [1.54, 1.807) is 13.0 Å². The average Bonchev–Trinajstić information content (AvgIpc) is 2.32. The van der Waals surface area contributed by atoms with Crippen molar-refractivity contribution in [2.24, 2.45) is 0 Å². The van der Waals surface area contributed by atoms with E-state index in [0.29, 0.717) is 21.7 Å². The number of hydrogen-bond donors (Lipinski definition) is 0. The summed E-state index contributed by atoms with van der Waals surface area (Å²) < 4.78 is 37.9. The van der Waals surface area contributed by atoms with Crippen molar-refractivity contribution in [3.05, 3.63) is 52.8 Å². The van der Waals surface area contributed by atoms with Crippen LogP contribution in [0.5, 0.6) is 0 Å². The first kappa shape index (κ1) is 12.9. The highest BCUT2D eigenvalue weighted by Crippen LogP contribution is 2.33. The van der Waals surface area contributed by atoms with Gasteiger partial charge in [0.15, 0.2) is 0 Å². The van der Waals surface area contributed by atoms with Crippen LogP contribution >= 0.6 is 11.6 Å². The summed E-state index contributed by atoms with van der Waals surface area (Å²) in [5.74, 6) is 0. The molecule has 0 fully saturated rings. The molecule has 0 radical (unpaired) electrons. The number of halogens is 4. The quantitative estimate of drug-likeness (QED) is 0.731. The summed E-state index contributed by atoms with van der Waals surface area (Å²) in [7, 11) is 0. The Morgan fingerprint density at radius 2 is 1.89 bits per heavy atom. The fourth-order valence-electron chi connectivity index (χ4n) is 1.65. The monoisotopic (exact) mass is 271 g/mol. The van der Waals surface area contributed by atoms with Crippen LogP contribution in [0.1, 0.15) is 11.1 Å². The third-order valence-corrected chi connectivity index (χ3v) is 3.04. The molecule has 1 aromatic heterocycles. The predicted octanol–water partition coefficient (Wildman–Crippen LogP) is 4.73. The van der Waals surface area contributed by atoms with Gasteiger partial charge in [0.25, 0.3) is 0 Å². The summed E-state index contributed by atoms with van der Waals surface area (Å²) in [6.45, 7) is 1.75. The third kappa shape index (κ3) is 2.48. The van der Waals surface area contributed by atoms with Gasteiger partial charge in [0.1, 0.15) is 0 Å². The number of pyridine rings is 1. The molecule has 0 N–H and O–H groups in total. The lowest BCUT2D eigenvalue weighted by Gasteiger charge is -2.10. The molecule has 5 heteroatoms. The SMILES string of the molecule is Cc1c(Cl)cncc1-c1cccc(C(F)(F)F)c1. The first-order valence-corrected chi connectivity index (χ1v) is 5.55. The van der Waals surface area contributed by atoms with Crippen molar-refractivity contribution in [3.63, 3.8) is 0 Å². The molecule has 18 heavy (non-hydrogen) atoms. The minimum Gasteiger partial charge on any atom is -0.263 e. The van der Waals surface area contributed by atoms with Gasteiger partial charge in [0.05, 0.1) is 10.6 Å². The second kappa shape index (κ2) is 4.61. The Labute approximate surface area is 107 Å². The van der Waals surface area contributed by atoms with Gasteiger partial charge in [0, 0.05) is 18.0 Å². The van der Waals surface area contributed by atoms with Crippen LogP contribution in [0.4, 0.5) is 13.2 Å². The minimum absolute atomic E-state index is 0.435. The van der Waals surface area contributed by atoms with Crippen LogP contribution in [-0.4, -0.2) is 4.98 Å².